The number of hydrogen-bond acceptors (Lipinski definition) is 4. The van der Waals surface area contributed by atoms with Crippen molar-refractivity contribution in [3.8, 4) is 5.75 Å². The van der Waals surface area contributed by atoms with Gasteiger partial charge >= 0.3 is 6.03 Å². The van der Waals surface area contributed by atoms with Crippen LogP contribution in [-0.2, 0) is 0 Å². The molecule has 0 radical (unpaired) electrons. The van der Waals surface area contributed by atoms with Crippen LogP contribution in [0.2, 0.25) is 0 Å². The number of rotatable bonds is 4. The number of likely N-dealkylation sites (tertiary alicyclic amines) is 1. The van der Waals surface area contributed by atoms with Gasteiger partial charge < -0.3 is 19.4 Å². The van der Waals surface area contributed by atoms with E-state index in [0.717, 1.165) is 44.4 Å². The molecule has 2 heterocycles. The summed E-state index contributed by atoms with van der Waals surface area (Å²) in [7, 11) is 3.48. The molecule has 0 atom stereocenters. The molecule has 3 amide bonds. The molecule has 0 N–H and O–H groups in total. The summed E-state index contributed by atoms with van der Waals surface area (Å²) in [6, 6.07) is 8.11. The highest BCUT2D eigenvalue weighted by Gasteiger charge is 2.36. The Labute approximate surface area is 173 Å². The molecular weight excluding hydrogens is 368 g/mol. The Balaban J connectivity index is 1.22. The molecule has 0 unspecified atom stereocenters. The quantitative estimate of drug-likeness (QED) is 0.777. The number of ether oxygens (including phenoxy) is 1. The molecule has 1 aliphatic carbocycles. The van der Waals surface area contributed by atoms with Crippen LogP contribution in [-0.4, -0.2) is 97.0 Å². The van der Waals surface area contributed by atoms with Gasteiger partial charge in [-0.2, -0.15) is 0 Å². The van der Waals surface area contributed by atoms with E-state index < -0.39 is 0 Å². The summed E-state index contributed by atoms with van der Waals surface area (Å²) in [6.45, 7) is 5.05. The van der Waals surface area contributed by atoms with Crippen LogP contribution in [0.5, 0.6) is 5.75 Å². The Morgan fingerprint density at radius 3 is 2.28 bits per heavy atom. The maximum absolute atomic E-state index is 12.8. The molecular formula is C22H32N4O3. The van der Waals surface area contributed by atoms with Crippen molar-refractivity contribution < 1.29 is 14.3 Å². The van der Waals surface area contributed by atoms with Gasteiger partial charge in [0.25, 0.3) is 5.91 Å². The fourth-order valence-electron chi connectivity index (χ4n) is 4.24. The van der Waals surface area contributed by atoms with Gasteiger partial charge in [0.05, 0.1) is 13.1 Å². The molecule has 2 aliphatic heterocycles. The molecule has 0 bridgehead atoms. The molecule has 1 aromatic rings. The summed E-state index contributed by atoms with van der Waals surface area (Å²) in [5.74, 6) is 0.716. The highest BCUT2D eigenvalue weighted by atomic mass is 16.5. The van der Waals surface area contributed by atoms with Gasteiger partial charge in [0.15, 0.2) is 0 Å². The SMILES string of the molecule is CN(C)C(=O)c1ccc(OC2CN(C(=O)N3CCCN(C4CCC4)CC3)C2)cc1. The smallest absolute Gasteiger partial charge is 0.320 e. The van der Waals surface area contributed by atoms with Crippen LogP contribution in [0.15, 0.2) is 24.3 Å². The van der Waals surface area contributed by atoms with Gasteiger partial charge in [-0.05, 0) is 43.5 Å². The zero-order chi connectivity index (χ0) is 20.4. The van der Waals surface area contributed by atoms with Crippen LogP contribution >= 0.6 is 0 Å². The van der Waals surface area contributed by atoms with Crippen molar-refractivity contribution in [2.75, 3.05) is 53.4 Å². The van der Waals surface area contributed by atoms with Crippen molar-refractivity contribution in [3.63, 3.8) is 0 Å². The molecule has 29 heavy (non-hydrogen) atoms. The molecule has 0 spiro atoms. The first-order chi connectivity index (χ1) is 14.0. The predicted molar refractivity (Wildman–Crippen MR) is 111 cm³/mol. The lowest BCUT2D eigenvalue weighted by molar-refractivity contribution is 0.0308. The van der Waals surface area contributed by atoms with E-state index in [9.17, 15) is 9.59 Å². The maximum atomic E-state index is 12.8. The van der Waals surface area contributed by atoms with Gasteiger partial charge in [-0.3, -0.25) is 9.69 Å². The van der Waals surface area contributed by atoms with Crippen LogP contribution in [0.1, 0.15) is 36.0 Å². The third-order valence-corrected chi connectivity index (χ3v) is 6.32. The summed E-state index contributed by atoms with van der Waals surface area (Å²) >= 11 is 0. The molecule has 0 aromatic heterocycles. The zero-order valence-corrected chi connectivity index (χ0v) is 17.5. The highest BCUT2D eigenvalue weighted by molar-refractivity contribution is 5.93. The maximum Gasteiger partial charge on any atom is 0.320 e. The van der Waals surface area contributed by atoms with E-state index in [1.165, 1.54) is 19.3 Å². The van der Waals surface area contributed by atoms with Gasteiger partial charge in [-0.25, -0.2) is 4.79 Å². The zero-order valence-electron chi connectivity index (χ0n) is 17.5. The van der Waals surface area contributed by atoms with Gasteiger partial charge in [-0.15, -0.1) is 0 Å². The third kappa shape index (κ3) is 4.50. The highest BCUT2D eigenvalue weighted by Crippen LogP contribution is 2.26. The summed E-state index contributed by atoms with van der Waals surface area (Å²) in [5, 5.41) is 0. The van der Waals surface area contributed by atoms with Crippen molar-refractivity contribution in [1.29, 1.82) is 0 Å². The normalized spacial score (nSPS) is 21.2. The van der Waals surface area contributed by atoms with Crippen molar-refractivity contribution in [2.45, 2.75) is 37.8 Å². The Bertz CT molecular complexity index is 726. The summed E-state index contributed by atoms with van der Waals surface area (Å²) in [4.78, 5) is 32.8. The van der Waals surface area contributed by atoms with E-state index in [2.05, 4.69) is 4.90 Å². The van der Waals surface area contributed by atoms with Crippen molar-refractivity contribution in [3.05, 3.63) is 29.8 Å². The lowest BCUT2D eigenvalue weighted by Gasteiger charge is -2.41. The molecule has 1 aromatic carbocycles. The average molecular weight is 401 g/mol. The van der Waals surface area contributed by atoms with Gasteiger partial charge in [0.1, 0.15) is 11.9 Å². The molecule has 2 saturated heterocycles. The fraction of sp³-hybridized carbons (Fsp3) is 0.636. The molecule has 7 nitrogen and oxygen atoms in total. The summed E-state index contributed by atoms with van der Waals surface area (Å²) < 4.78 is 5.96. The first-order valence-electron chi connectivity index (χ1n) is 10.8. The number of benzene rings is 1. The second-order valence-corrected chi connectivity index (χ2v) is 8.61. The minimum atomic E-state index is -0.0229. The Morgan fingerprint density at radius 2 is 1.66 bits per heavy atom. The average Bonchev–Trinajstić information content (AvgIpc) is 2.88. The Kier molecular flexibility index (Phi) is 5.94. The van der Waals surface area contributed by atoms with Gasteiger partial charge in [0.2, 0.25) is 0 Å². The van der Waals surface area contributed by atoms with E-state index in [1.54, 1.807) is 31.1 Å². The standard InChI is InChI=1S/C22H32N4O3/c1-23(2)21(27)17-7-9-19(10-8-17)29-20-15-26(16-20)22(28)25-12-4-11-24(13-14-25)18-5-3-6-18/h7-10,18,20H,3-6,11-16H2,1-2H3. The lowest BCUT2D eigenvalue weighted by atomic mass is 9.91. The van der Waals surface area contributed by atoms with Gasteiger partial charge in [-0.1, -0.05) is 6.42 Å². The molecule has 4 rings (SSSR count). The molecule has 1 saturated carbocycles. The minimum Gasteiger partial charge on any atom is -0.487 e. The third-order valence-electron chi connectivity index (χ3n) is 6.32. The first kappa shape index (κ1) is 20.0. The second-order valence-electron chi connectivity index (χ2n) is 8.61. The largest absolute Gasteiger partial charge is 0.487 e. The van der Waals surface area contributed by atoms with Crippen molar-refractivity contribution in [1.82, 2.24) is 19.6 Å². The predicted octanol–water partition coefficient (Wildman–Crippen LogP) is 2.13. The van der Waals surface area contributed by atoms with E-state index in [-0.39, 0.29) is 18.0 Å². The lowest BCUT2D eigenvalue weighted by Crippen LogP contribution is -2.60. The fourth-order valence-corrected chi connectivity index (χ4v) is 4.24. The molecule has 3 fully saturated rings. The van der Waals surface area contributed by atoms with Crippen molar-refractivity contribution >= 4 is 11.9 Å². The first-order valence-corrected chi connectivity index (χ1v) is 10.8. The van der Waals surface area contributed by atoms with E-state index in [0.29, 0.717) is 18.7 Å². The summed E-state index contributed by atoms with van der Waals surface area (Å²) in [5.41, 5.74) is 0.643. The Hall–Kier alpha value is -2.28. The molecule has 7 heteroatoms. The number of urea groups is 1. The number of nitrogens with zero attached hydrogens (tertiary/aromatic N) is 4. The van der Waals surface area contributed by atoms with Crippen LogP contribution < -0.4 is 4.74 Å². The molecule has 158 valence electrons. The topological polar surface area (TPSA) is 56.3 Å². The Morgan fingerprint density at radius 1 is 0.931 bits per heavy atom. The number of hydrogen-bond donors (Lipinski definition) is 0. The van der Waals surface area contributed by atoms with E-state index in [1.807, 2.05) is 21.9 Å². The number of amides is 3. The van der Waals surface area contributed by atoms with E-state index >= 15 is 0 Å². The van der Waals surface area contributed by atoms with Crippen LogP contribution in [0.4, 0.5) is 4.79 Å². The van der Waals surface area contributed by atoms with Crippen molar-refractivity contribution in [2.24, 2.45) is 0 Å². The number of carbonyl (C=O) groups is 2. The monoisotopic (exact) mass is 400 g/mol. The van der Waals surface area contributed by atoms with Crippen LogP contribution in [0.3, 0.4) is 0 Å². The number of carbonyl (C=O) groups excluding carboxylic acids is 2. The summed E-state index contributed by atoms with van der Waals surface area (Å²) in [6.07, 6.45) is 5.09. The van der Waals surface area contributed by atoms with Crippen LogP contribution in [0, 0.1) is 0 Å². The minimum absolute atomic E-state index is 0.0211. The van der Waals surface area contributed by atoms with Gasteiger partial charge in [0, 0.05) is 51.9 Å². The van der Waals surface area contributed by atoms with E-state index in [4.69, 9.17) is 4.74 Å². The van der Waals surface area contributed by atoms with Crippen LogP contribution in [0.25, 0.3) is 0 Å². The second kappa shape index (κ2) is 8.61. The molecule has 3 aliphatic rings.